The highest BCUT2D eigenvalue weighted by molar-refractivity contribution is 8.01. The number of hydrogen-bond acceptors (Lipinski definition) is 4. The first-order chi connectivity index (χ1) is 9.74. The molecule has 0 atom stereocenters. The van der Waals surface area contributed by atoms with Gasteiger partial charge in [-0.1, -0.05) is 42.1 Å². The Morgan fingerprint density at radius 1 is 1.05 bits per heavy atom. The number of hydrogen-bond donors (Lipinski definition) is 0. The second-order valence-electron chi connectivity index (χ2n) is 4.22. The average Bonchev–Trinajstić information content (AvgIpc) is 2.78. The Morgan fingerprint density at radius 3 is 2.50 bits per heavy atom. The molecule has 1 aromatic heterocycles. The minimum atomic E-state index is -0.288. The van der Waals surface area contributed by atoms with E-state index >= 15 is 0 Å². The van der Waals surface area contributed by atoms with Gasteiger partial charge in [0.2, 0.25) is 0 Å². The van der Waals surface area contributed by atoms with Crippen LogP contribution in [0.25, 0.3) is 10.1 Å². The van der Waals surface area contributed by atoms with Crippen molar-refractivity contribution >= 4 is 39.2 Å². The summed E-state index contributed by atoms with van der Waals surface area (Å²) in [6, 6.07) is 18.1. The van der Waals surface area contributed by atoms with E-state index in [1.54, 1.807) is 23.1 Å². The molecule has 100 valence electrons. The SMILES string of the molecule is CC(=O)Oc1c(Sc2ccccc2)sc2ccccc12. The van der Waals surface area contributed by atoms with E-state index in [0.29, 0.717) is 5.75 Å². The number of fused-ring (bicyclic) bond motifs is 1. The average molecular weight is 300 g/mol. The molecule has 0 bridgehead atoms. The number of carbonyl (C=O) groups excluding carboxylic acids is 1. The van der Waals surface area contributed by atoms with Crippen LogP contribution < -0.4 is 4.74 Å². The first-order valence-electron chi connectivity index (χ1n) is 6.17. The monoisotopic (exact) mass is 300 g/mol. The molecular formula is C16H12O2S2. The van der Waals surface area contributed by atoms with Gasteiger partial charge in [0.1, 0.15) is 4.21 Å². The fourth-order valence-corrected chi connectivity index (χ4v) is 4.24. The van der Waals surface area contributed by atoms with E-state index in [4.69, 9.17) is 4.74 Å². The highest BCUT2D eigenvalue weighted by Crippen LogP contribution is 2.46. The molecule has 0 saturated carbocycles. The van der Waals surface area contributed by atoms with Gasteiger partial charge >= 0.3 is 5.97 Å². The quantitative estimate of drug-likeness (QED) is 0.638. The summed E-state index contributed by atoms with van der Waals surface area (Å²) in [5, 5.41) is 0.992. The molecule has 0 aliphatic rings. The molecule has 0 N–H and O–H groups in total. The van der Waals surface area contributed by atoms with Crippen LogP contribution in [-0.4, -0.2) is 5.97 Å². The zero-order valence-corrected chi connectivity index (χ0v) is 12.5. The van der Waals surface area contributed by atoms with Crippen molar-refractivity contribution in [3.8, 4) is 5.75 Å². The third kappa shape index (κ3) is 2.71. The smallest absolute Gasteiger partial charge is 0.308 e. The lowest BCUT2D eigenvalue weighted by atomic mass is 10.2. The molecule has 4 heteroatoms. The molecule has 3 rings (SSSR count). The van der Waals surface area contributed by atoms with Crippen LogP contribution in [0.4, 0.5) is 0 Å². The van der Waals surface area contributed by atoms with Gasteiger partial charge in [-0.05, 0) is 24.3 Å². The van der Waals surface area contributed by atoms with Crippen molar-refractivity contribution in [2.45, 2.75) is 16.0 Å². The Morgan fingerprint density at radius 2 is 1.75 bits per heavy atom. The lowest BCUT2D eigenvalue weighted by molar-refractivity contribution is -0.131. The molecule has 2 nitrogen and oxygen atoms in total. The molecule has 0 fully saturated rings. The van der Waals surface area contributed by atoms with Gasteiger partial charge in [-0.3, -0.25) is 4.79 Å². The summed E-state index contributed by atoms with van der Waals surface area (Å²) in [7, 11) is 0. The number of rotatable bonds is 3. The fraction of sp³-hybridized carbons (Fsp3) is 0.0625. The van der Waals surface area contributed by atoms with Crippen LogP contribution in [-0.2, 0) is 4.79 Å². The maximum absolute atomic E-state index is 11.3. The molecule has 0 radical (unpaired) electrons. The van der Waals surface area contributed by atoms with Crippen LogP contribution in [0, 0.1) is 0 Å². The molecular weight excluding hydrogens is 288 g/mol. The van der Waals surface area contributed by atoms with Gasteiger partial charge in [0.05, 0.1) is 0 Å². The van der Waals surface area contributed by atoms with E-state index in [1.165, 1.54) is 6.92 Å². The van der Waals surface area contributed by atoms with Crippen LogP contribution in [0.2, 0.25) is 0 Å². The van der Waals surface area contributed by atoms with Crippen molar-refractivity contribution in [1.82, 2.24) is 0 Å². The van der Waals surface area contributed by atoms with E-state index in [1.807, 2.05) is 54.6 Å². The van der Waals surface area contributed by atoms with Gasteiger partial charge in [0, 0.05) is 21.9 Å². The summed E-state index contributed by atoms with van der Waals surface area (Å²) in [6.07, 6.45) is 0. The second kappa shape index (κ2) is 5.69. The minimum absolute atomic E-state index is 0.288. The molecule has 1 heterocycles. The molecule has 2 aromatic carbocycles. The fourth-order valence-electron chi connectivity index (χ4n) is 1.90. The van der Waals surface area contributed by atoms with Gasteiger partial charge in [-0.2, -0.15) is 0 Å². The zero-order chi connectivity index (χ0) is 13.9. The first kappa shape index (κ1) is 13.2. The third-order valence-corrected chi connectivity index (χ3v) is 5.04. The molecule has 3 aromatic rings. The standard InChI is InChI=1S/C16H12O2S2/c1-11(17)18-15-13-9-5-6-10-14(13)20-16(15)19-12-7-3-2-4-8-12/h2-10H,1H3. The third-order valence-electron chi connectivity index (χ3n) is 2.72. The van der Waals surface area contributed by atoms with Crippen LogP contribution in [0.3, 0.4) is 0 Å². The number of benzene rings is 2. The van der Waals surface area contributed by atoms with Crippen LogP contribution in [0.5, 0.6) is 5.75 Å². The van der Waals surface area contributed by atoms with Gasteiger partial charge in [0.25, 0.3) is 0 Å². The Bertz CT molecular complexity index is 748. The van der Waals surface area contributed by atoms with E-state index in [0.717, 1.165) is 19.2 Å². The summed E-state index contributed by atoms with van der Waals surface area (Å²) in [5.74, 6) is 0.385. The minimum Gasteiger partial charge on any atom is -0.424 e. The molecule has 0 amide bonds. The van der Waals surface area contributed by atoms with Gasteiger partial charge < -0.3 is 4.74 Å². The molecule has 0 saturated heterocycles. The topological polar surface area (TPSA) is 26.3 Å². The molecule has 0 spiro atoms. The predicted molar refractivity (Wildman–Crippen MR) is 83.7 cm³/mol. The Balaban J connectivity index is 2.07. The second-order valence-corrected chi connectivity index (χ2v) is 6.62. The van der Waals surface area contributed by atoms with E-state index in [2.05, 4.69) is 0 Å². The van der Waals surface area contributed by atoms with Crippen molar-refractivity contribution in [2.75, 3.05) is 0 Å². The van der Waals surface area contributed by atoms with Crippen LogP contribution in [0.15, 0.2) is 63.7 Å². The van der Waals surface area contributed by atoms with Crippen LogP contribution >= 0.6 is 23.1 Å². The normalized spacial score (nSPS) is 10.7. The van der Waals surface area contributed by atoms with E-state index in [-0.39, 0.29) is 5.97 Å². The summed E-state index contributed by atoms with van der Waals surface area (Å²) >= 11 is 3.27. The summed E-state index contributed by atoms with van der Waals surface area (Å²) < 4.78 is 7.56. The van der Waals surface area contributed by atoms with Crippen LogP contribution in [0.1, 0.15) is 6.92 Å². The zero-order valence-electron chi connectivity index (χ0n) is 10.8. The maximum atomic E-state index is 11.3. The number of carbonyl (C=O) groups is 1. The summed E-state index contributed by atoms with van der Waals surface area (Å²) in [4.78, 5) is 12.5. The van der Waals surface area contributed by atoms with Crippen molar-refractivity contribution in [2.24, 2.45) is 0 Å². The summed E-state index contributed by atoms with van der Waals surface area (Å²) in [5.41, 5.74) is 0. The molecule has 0 unspecified atom stereocenters. The maximum Gasteiger partial charge on any atom is 0.308 e. The number of ether oxygens (including phenoxy) is 1. The largest absolute Gasteiger partial charge is 0.424 e. The van der Waals surface area contributed by atoms with Crippen molar-refractivity contribution in [3.63, 3.8) is 0 Å². The highest BCUT2D eigenvalue weighted by Gasteiger charge is 2.16. The van der Waals surface area contributed by atoms with E-state index < -0.39 is 0 Å². The number of thiophene rings is 1. The lowest BCUT2D eigenvalue weighted by Crippen LogP contribution is -2.01. The Hall–Kier alpha value is -1.78. The Labute approximate surface area is 125 Å². The highest BCUT2D eigenvalue weighted by atomic mass is 32.2. The first-order valence-corrected chi connectivity index (χ1v) is 7.80. The molecule has 20 heavy (non-hydrogen) atoms. The van der Waals surface area contributed by atoms with Crippen molar-refractivity contribution in [1.29, 1.82) is 0 Å². The molecule has 0 aliphatic heterocycles. The predicted octanol–water partition coefficient (Wildman–Crippen LogP) is 4.98. The van der Waals surface area contributed by atoms with Gasteiger partial charge in [-0.15, -0.1) is 11.3 Å². The molecule has 0 aliphatic carbocycles. The van der Waals surface area contributed by atoms with Crippen molar-refractivity contribution in [3.05, 3.63) is 54.6 Å². The lowest BCUT2D eigenvalue weighted by Gasteiger charge is -2.04. The summed E-state index contributed by atoms with van der Waals surface area (Å²) in [6.45, 7) is 1.43. The van der Waals surface area contributed by atoms with Crippen molar-refractivity contribution < 1.29 is 9.53 Å². The number of esters is 1. The van der Waals surface area contributed by atoms with E-state index in [9.17, 15) is 4.79 Å². The van der Waals surface area contributed by atoms with Gasteiger partial charge in [0.15, 0.2) is 5.75 Å². The Kier molecular flexibility index (Phi) is 3.76. The van der Waals surface area contributed by atoms with Gasteiger partial charge in [-0.25, -0.2) is 0 Å².